The van der Waals surface area contributed by atoms with Gasteiger partial charge >= 0.3 is 0 Å². The van der Waals surface area contributed by atoms with Crippen LogP contribution in [0.3, 0.4) is 0 Å². The lowest BCUT2D eigenvalue weighted by Gasteiger charge is -2.27. The van der Waals surface area contributed by atoms with Gasteiger partial charge in [0.15, 0.2) is 11.5 Å². The summed E-state index contributed by atoms with van der Waals surface area (Å²) in [5.41, 5.74) is 11.3. The number of nitrogens with one attached hydrogen (secondary N) is 2. The normalized spacial score (nSPS) is 18.7. The number of aromatic amines is 1. The number of nitrogens with two attached hydrogens (primary N) is 1. The zero-order chi connectivity index (χ0) is 22.8. The number of hydrogen-bond acceptors (Lipinski definition) is 4. The van der Waals surface area contributed by atoms with Crippen LogP contribution in [0.1, 0.15) is 51.0 Å². The molecule has 1 aliphatic carbocycles. The SMILES string of the molecule is COc1ccc(-c2[nH]c3ccc(NC(=O)[C@H]4CCCCC4N)cc3c2C(C)C)cc1OC. The van der Waals surface area contributed by atoms with E-state index in [1.54, 1.807) is 14.2 Å². The van der Waals surface area contributed by atoms with Crippen molar-refractivity contribution in [2.24, 2.45) is 11.7 Å². The first-order valence-electron chi connectivity index (χ1n) is 11.4. The first-order chi connectivity index (χ1) is 15.4. The lowest BCUT2D eigenvalue weighted by atomic mass is 9.84. The van der Waals surface area contributed by atoms with Crippen LogP contribution in [0.25, 0.3) is 22.2 Å². The molecule has 0 bridgehead atoms. The van der Waals surface area contributed by atoms with E-state index in [0.717, 1.165) is 53.5 Å². The highest BCUT2D eigenvalue weighted by Crippen LogP contribution is 2.39. The zero-order valence-electron chi connectivity index (χ0n) is 19.3. The molecule has 170 valence electrons. The van der Waals surface area contributed by atoms with Gasteiger partial charge in [0.25, 0.3) is 0 Å². The molecule has 4 N–H and O–H groups in total. The molecule has 1 fully saturated rings. The van der Waals surface area contributed by atoms with Crippen LogP contribution < -0.4 is 20.5 Å². The van der Waals surface area contributed by atoms with Gasteiger partial charge in [-0.15, -0.1) is 0 Å². The maximum atomic E-state index is 12.9. The number of benzene rings is 2. The molecule has 6 heteroatoms. The molecular formula is C26H33N3O3. The molecule has 1 aromatic heterocycles. The van der Waals surface area contributed by atoms with Crippen molar-refractivity contribution in [3.8, 4) is 22.8 Å². The standard InChI is InChI=1S/C26H33N3O3/c1-15(2)24-19-14-17(28-26(30)18-7-5-6-8-20(18)27)10-11-21(19)29-25(24)16-9-12-22(31-3)23(13-16)32-4/h9-15,18,20,29H,5-8,27H2,1-4H3,(H,28,30)/t18-,20?/m0/s1. The van der Waals surface area contributed by atoms with E-state index in [0.29, 0.717) is 11.5 Å². The summed E-state index contributed by atoms with van der Waals surface area (Å²) in [5.74, 6) is 1.58. The molecule has 1 heterocycles. The van der Waals surface area contributed by atoms with Crippen LogP contribution in [0.2, 0.25) is 0 Å². The number of methoxy groups -OCH3 is 2. The Hall–Kier alpha value is -2.99. The maximum absolute atomic E-state index is 12.9. The number of amides is 1. The average Bonchev–Trinajstić information content (AvgIpc) is 3.18. The summed E-state index contributed by atoms with van der Waals surface area (Å²) in [5, 5.41) is 4.22. The van der Waals surface area contributed by atoms with Crippen LogP contribution in [0.4, 0.5) is 5.69 Å². The third kappa shape index (κ3) is 4.19. The van der Waals surface area contributed by atoms with Crippen LogP contribution in [0.5, 0.6) is 11.5 Å². The second kappa shape index (κ2) is 9.25. The fourth-order valence-electron chi connectivity index (χ4n) is 4.83. The highest BCUT2D eigenvalue weighted by Gasteiger charge is 2.28. The largest absolute Gasteiger partial charge is 0.493 e. The molecule has 0 saturated heterocycles. The average molecular weight is 436 g/mol. The van der Waals surface area contributed by atoms with E-state index in [9.17, 15) is 4.79 Å². The fraction of sp³-hybridized carbons (Fsp3) is 0.423. The Balaban J connectivity index is 1.71. The predicted molar refractivity (Wildman–Crippen MR) is 129 cm³/mol. The van der Waals surface area contributed by atoms with Gasteiger partial charge in [-0.1, -0.05) is 26.7 Å². The minimum atomic E-state index is -0.113. The van der Waals surface area contributed by atoms with Crippen molar-refractivity contribution in [3.05, 3.63) is 42.0 Å². The lowest BCUT2D eigenvalue weighted by molar-refractivity contribution is -0.121. The molecule has 2 atom stereocenters. The van der Waals surface area contributed by atoms with Crippen molar-refractivity contribution in [1.29, 1.82) is 0 Å². The van der Waals surface area contributed by atoms with Gasteiger partial charge < -0.3 is 25.5 Å². The van der Waals surface area contributed by atoms with Crippen LogP contribution in [0.15, 0.2) is 36.4 Å². The summed E-state index contributed by atoms with van der Waals surface area (Å²) in [7, 11) is 3.28. The predicted octanol–water partition coefficient (Wildman–Crippen LogP) is 5.43. The van der Waals surface area contributed by atoms with Crippen molar-refractivity contribution in [2.75, 3.05) is 19.5 Å². The van der Waals surface area contributed by atoms with E-state index in [1.807, 2.05) is 30.3 Å². The number of carbonyl (C=O) groups is 1. The third-order valence-electron chi connectivity index (χ3n) is 6.51. The van der Waals surface area contributed by atoms with Crippen molar-refractivity contribution in [2.45, 2.75) is 51.5 Å². The fourth-order valence-corrected chi connectivity index (χ4v) is 4.83. The number of anilines is 1. The van der Waals surface area contributed by atoms with Crippen molar-refractivity contribution >= 4 is 22.5 Å². The van der Waals surface area contributed by atoms with E-state index in [-0.39, 0.29) is 23.8 Å². The van der Waals surface area contributed by atoms with Crippen LogP contribution in [-0.2, 0) is 4.79 Å². The van der Waals surface area contributed by atoms with Gasteiger partial charge in [0.2, 0.25) is 5.91 Å². The van der Waals surface area contributed by atoms with Gasteiger partial charge in [0, 0.05) is 28.2 Å². The molecule has 2 aromatic carbocycles. The van der Waals surface area contributed by atoms with Gasteiger partial charge in [0.05, 0.1) is 25.8 Å². The minimum Gasteiger partial charge on any atom is -0.493 e. The molecule has 1 saturated carbocycles. The van der Waals surface area contributed by atoms with Gasteiger partial charge in [0.1, 0.15) is 0 Å². The molecule has 1 aliphatic rings. The van der Waals surface area contributed by atoms with Crippen molar-refractivity contribution in [3.63, 3.8) is 0 Å². The zero-order valence-corrected chi connectivity index (χ0v) is 19.3. The number of carbonyl (C=O) groups excluding carboxylic acids is 1. The Morgan fingerprint density at radius 1 is 1.06 bits per heavy atom. The Morgan fingerprint density at radius 3 is 2.50 bits per heavy atom. The quantitative estimate of drug-likeness (QED) is 0.481. The Bertz CT molecular complexity index is 1120. The van der Waals surface area contributed by atoms with E-state index in [1.165, 1.54) is 5.56 Å². The number of H-pyrrole nitrogens is 1. The Kier molecular flexibility index (Phi) is 6.42. The van der Waals surface area contributed by atoms with Crippen LogP contribution >= 0.6 is 0 Å². The number of rotatable bonds is 6. The molecule has 0 aliphatic heterocycles. The number of aromatic nitrogens is 1. The first-order valence-corrected chi connectivity index (χ1v) is 11.4. The number of ether oxygens (including phenoxy) is 2. The van der Waals surface area contributed by atoms with Crippen LogP contribution in [0, 0.1) is 5.92 Å². The topological polar surface area (TPSA) is 89.4 Å². The summed E-state index contributed by atoms with van der Waals surface area (Å²) in [6.45, 7) is 4.36. The van der Waals surface area contributed by atoms with Crippen LogP contribution in [-0.4, -0.2) is 31.2 Å². The smallest absolute Gasteiger partial charge is 0.229 e. The highest BCUT2D eigenvalue weighted by atomic mass is 16.5. The van der Waals surface area contributed by atoms with E-state index in [2.05, 4.69) is 30.2 Å². The van der Waals surface area contributed by atoms with Gasteiger partial charge in [-0.25, -0.2) is 0 Å². The molecular weight excluding hydrogens is 402 g/mol. The molecule has 4 rings (SSSR count). The van der Waals surface area contributed by atoms with Crippen molar-refractivity contribution < 1.29 is 14.3 Å². The summed E-state index contributed by atoms with van der Waals surface area (Å²) >= 11 is 0. The molecule has 1 amide bonds. The Morgan fingerprint density at radius 2 is 1.81 bits per heavy atom. The van der Waals surface area contributed by atoms with Gasteiger partial charge in [-0.3, -0.25) is 4.79 Å². The first kappa shape index (κ1) is 22.2. The summed E-state index contributed by atoms with van der Waals surface area (Å²) in [4.78, 5) is 16.4. The molecule has 0 spiro atoms. The summed E-state index contributed by atoms with van der Waals surface area (Å²) < 4.78 is 10.9. The molecule has 1 unspecified atom stereocenters. The van der Waals surface area contributed by atoms with E-state index >= 15 is 0 Å². The van der Waals surface area contributed by atoms with Crippen molar-refractivity contribution in [1.82, 2.24) is 4.98 Å². The minimum absolute atomic E-state index is 0.0262. The second-order valence-electron chi connectivity index (χ2n) is 8.94. The lowest BCUT2D eigenvalue weighted by Crippen LogP contribution is -2.40. The van der Waals surface area contributed by atoms with Gasteiger partial charge in [-0.2, -0.15) is 0 Å². The second-order valence-corrected chi connectivity index (χ2v) is 8.94. The van der Waals surface area contributed by atoms with E-state index in [4.69, 9.17) is 15.2 Å². The number of fused-ring (bicyclic) bond motifs is 1. The third-order valence-corrected chi connectivity index (χ3v) is 6.51. The molecule has 6 nitrogen and oxygen atoms in total. The number of hydrogen-bond donors (Lipinski definition) is 3. The maximum Gasteiger partial charge on any atom is 0.229 e. The summed E-state index contributed by atoms with van der Waals surface area (Å²) in [6.07, 6.45) is 3.95. The highest BCUT2D eigenvalue weighted by molar-refractivity contribution is 5.98. The van der Waals surface area contributed by atoms with E-state index < -0.39 is 0 Å². The monoisotopic (exact) mass is 435 g/mol. The Labute approximate surface area is 189 Å². The summed E-state index contributed by atoms with van der Waals surface area (Å²) in [6, 6.07) is 11.9. The van der Waals surface area contributed by atoms with Gasteiger partial charge in [-0.05, 0) is 60.7 Å². The molecule has 3 aromatic rings. The molecule has 0 radical (unpaired) electrons. The molecule has 32 heavy (non-hydrogen) atoms.